The summed E-state index contributed by atoms with van der Waals surface area (Å²) >= 11 is 0. The van der Waals surface area contributed by atoms with Crippen molar-refractivity contribution in [1.29, 1.82) is 0 Å². The Hall–Kier alpha value is -1.34. The molecule has 0 spiro atoms. The average Bonchev–Trinajstić information content (AvgIpc) is 2.70. The molecule has 1 fully saturated rings. The molecule has 2 atom stereocenters. The predicted octanol–water partition coefficient (Wildman–Crippen LogP) is 4.60. The molecule has 1 heterocycles. The molecule has 1 aliphatic carbocycles. The summed E-state index contributed by atoms with van der Waals surface area (Å²) < 4.78 is 6.10. The summed E-state index contributed by atoms with van der Waals surface area (Å²) in [6, 6.07) is 10.5. The van der Waals surface area contributed by atoms with Crippen LogP contribution in [-0.2, 0) is 4.74 Å². The van der Waals surface area contributed by atoms with Gasteiger partial charge in [0.2, 0.25) is 0 Å². The normalized spacial score (nSPS) is 29.3. The number of allylic oxidation sites excluding steroid dienone is 2. The number of benzene rings is 1. The van der Waals surface area contributed by atoms with Gasteiger partial charge in [-0.3, -0.25) is 0 Å². The molecule has 1 heteroatoms. The highest BCUT2D eigenvalue weighted by Gasteiger charge is 2.40. The zero-order valence-electron chi connectivity index (χ0n) is 11.8. The minimum atomic E-state index is 0.0712. The van der Waals surface area contributed by atoms with Gasteiger partial charge < -0.3 is 4.74 Å². The summed E-state index contributed by atoms with van der Waals surface area (Å²) in [5, 5.41) is 0. The summed E-state index contributed by atoms with van der Waals surface area (Å²) in [5.74, 6) is 0.704. The minimum Gasteiger partial charge on any atom is -0.372 e. The van der Waals surface area contributed by atoms with E-state index in [0.29, 0.717) is 12.0 Å². The van der Waals surface area contributed by atoms with Gasteiger partial charge >= 0.3 is 0 Å². The molecule has 1 aromatic carbocycles. The molecule has 100 valence electrons. The molecule has 1 aliphatic heterocycles. The van der Waals surface area contributed by atoms with E-state index >= 15 is 0 Å². The van der Waals surface area contributed by atoms with Gasteiger partial charge in [-0.15, -0.1) is 0 Å². The summed E-state index contributed by atoms with van der Waals surface area (Å²) in [5.41, 5.74) is 2.81. The molecule has 1 nitrogen and oxygen atoms in total. The molecule has 19 heavy (non-hydrogen) atoms. The Balaban J connectivity index is 1.67. The predicted molar refractivity (Wildman–Crippen MR) is 79.9 cm³/mol. The second kappa shape index (κ2) is 4.97. The van der Waals surface area contributed by atoms with E-state index in [1.54, 1.807) is 0 Å². The summed E-state index contributed by atoms with van der Waals surface area (Å²) in [4.78, 5) is 0. The van der Waals surface area contributed by atoms with E-state index in [9.17, 15) is 0 Å². The van der Waals surface area contributed by atoms with Crippen molar-refractivity contribution in [3.8, 4) is 0 Å². The van der Waals surface area contributed by atoms with E-state index in [1.807, 2.05) is 0 Å². The van der Waals surface area contributed by atoms with Crippen molar-refractivity contribution in [2.75, 3.05) is 0 Å². The first-order valence-electron chi connectivity index (χ1n) is 7.22. The molecular formula is C18H22O. The maximum atomic E-state index is 6.10. The monoisotopic (exact) mass is 254 g/mol. The zero-order valence-corrected chi connectivity index (χ0v) is 11.8. The Morgan fingerprint density at radius 2 is 1.95 bits per heavy atom. The lowest BCUT2D eigenvalue weighted by molar-refractivity contribution is -0.0202. The van der Waals surface area contributed by atoms with Crippen LogP contribution in [0, 0.1) is 5.92 Å². The van der Waals surface area contributed by atoms with Crippen LogP contribution in [0.1, 0.15) is 38.7 Å². The lowest BCUT2D eigenvalue weighted by Gasteiger charge is -2.23. The molecule has 3 rings (SSSR count). The third kappa shape index (κ3) is 2.98. The fourth-order valence-corrected chi connectivity index (χ4v) is 3.32. The van der Waals surface area contributed by atoms with Crippen LogP contribution in [0.5, 0.6) is 0 Å². The standard InChI is InChI=1S/C18H22O/c1-18(2)13-16-12-15(10-11-17(16)19-18)9-8-14-6-4-3-5-7-14/h3-10,16-17H,11-13H2,1-2H3/b9-8+/t16-,17-/m0/s1. The van der Waals surface area contributed by atoms with E-state index in [2.05, 4.69) is 62.4 Å². The van der Waals surface area contributed by atoms with Crippen LogP contribution in [-0.4, -0.2) is 11.7 Å². The molecule has 0 bridgehead atoms. The van der Waals surface area contributed by atoms with Crippen LogP contribution in [0.25, 0.3) is 6.08 Å². The molecule has 0 N–H and O–H groups in total. The summed E-state index contributed by atoms with van der Waals surface area (Å²) in [7, 11) is 0. The van der Waals surface area contributed by atoms with Crippen LogP contribution in [0.4, 0.5) is 0 Å². The average molecular weight is 254 g/mol. The van der Waals surface area contributed by atoms with Crippen LogP contribution in [0.3, 0.4) is 0 Å². The van der Waals surface area contributed by atoms with Gasteiger partial charge in [-0.25, -0.2) is 0 Å². The number of fused-ring (bicyclic) bond motifs is 1. The molecule has 2 aliphatic rings. The van der Waals surface area contributed by atoms with E-state index in [4.69, 9.17) is 4.74 Å². The van der Waals surface area contributed by atoms with Crippen LogP contribution >= 0.6 is 0 Å². The highest BCUT2D eigenvalue weighted by molar-refractivity contribution is 5.52. The van der Waals surface area contributed by atoms with E-state index in [-0.39, 0.29) is 5.60 Å². The first-order valence-corrected chi connectivity index (χ1v) is 7.22. The quantitative estimate of drug-likeness (QED) is 0.749. The first-order chi connectivity index (χ1) is 9.12. The maximum absolute atomic E-state index is 6.10. The fourth-order valence-electron chi connectivity index (χ4n) is 3.32. The smallest absolute Gasteiger partial charge is 0.0649 e. The van der Waals surface area contributed by atoms with Crippen molar-refractivity contribution in [2.45, 2.75) is 44.8 Å². The molecular weight excluding hydrogens is 232 g/mol. The molecule has 1 aromatic rings. The lowest BCUT2D eigenvalue weighted by atomic mass is 9.83. The highest BCUT2D eigenvalue weighted by atomic mass is 16.5. The van der Waals surface area contributed by atoms with Crippen molar-refractivity contribution in [3.63, 3.8) is 0 Å². The van der Waals surface area contributed by atoms with Gasteiger partial charge in [0.25, 0.3) is 0 Å². The number of hydrogen-bond donors (Lipinski definition) is 0. The molecule has 0 unspecified atom stereocenters. The Morgan fingerprint density at radius 3 is 2.74 bits per heavy atom. The fraction of sp³-hybridized carbons (Fsp3) is 0.444. The first kappa shape index (κ1) is 12.7. The van der Waals surface area contributed by atoms with Crippen molar-refractivity contribution in [2.24, 2.45) is 5.92 Å². The third-order valence-corrected chi connectivity index (χ3v) is 4.15. The Kier molecular flexibility index (Phi) is 3.32. The number of hydrogen-bond acceptors (Lipinski definition) is 1. The van der Waals surface area contributed by atoms with Crippen molar-refractivity contribution in [3.05, 3.63) is 53.6 Å². The van der Waals surface area contributed by atoms with Gasteiger partial charge in [-0.05, 0) is 44.6 Å². The molecule has 0 aromatic heterocycles. The maximum Gasteiger partial charge on any atom is 0.0649 e. The molecule has 0 saturated carbocycles. The van der Waals surface area contributed by atoms with Crippen molar-refractivity contribution < 1.29 is 4.74 Å². The number of ether oxygens (including phenoxy) is 1. The van der Waals surface area contributed by atoms with Crippen LogP contribution < -0.4 is 0 Å². The summed E-state index contributed by atoms with van der Waals surface area (Å²) in [6.45, 7) is 4.43. The van der Waals surface area contributed by atoms with Crippen LogP contribution in [0.15, 0.2) is 48.1 Å². The van der Waals surface area contributed by atoms with Crippen molar-refractivity contribution >= 4 is 6.08 Å². The second-order valence-corrected chi connectivity index (χ2v) is 6.34. The lowest BCUT2D eigenvalue weighted by Crippen LogP contribution is -2.21. The second-order valence-electron chi connectivity index (χ2n) is 6.34. The third-order valence-electron chi connectivity index (χ3n) is 4.15. The van der Waals surface area contributed by atoms with Gasteiger partial charge in [0.1, 0.15) is 0 Å². The SMILES string of the molecule is CC1(C)C[C@@H]2CC(/C=C/c3ccccc3)=CC[C@@H]2O1. The highest BCUT2D eigenvalue weighted by Crippen LogP contribution is 2.42. The van der Waals surface area contributed by atoms with E-state index in [1.165, 1.54) is 17.6 Å². The Labute approximate surface area is 116 Å². The van der Waals surface area contributed by atoms with Crippen molar-refractivity contribution in [1.82, 2.24) is 0 Å². The largest absolute Gasteiger partial charge is 0.372 e. The summed E-state index contributed by atoms with van der Waals surface area (Å²) in [6.07, 6.45) is 10.7. The number of rotatable bonds is 2. The van der Waals surface area contributed by atoms with Gasteiger partial charge in [0.15, 0.2) is 0 Å². The van der Waals surface area contributed by atoms with E-state index < -0.39 is 0 Å². The zero-order chi connectivity index (χ0) is 13.3. The van der Waals surface area contributed by atoms with Gasteiger partial charge in [-0.2, -0.15) is 0 Å². The molecule has 0 radical (unpaired) electrons. The van der Waals surface area contributed by atoms with Crippen LogP contribution in [0.2, 0.25) is 0 Å². The minimum absolute atomic E-state index is 0.0712. The van der Waals surface area contributed by atoms with E-state index in [0.717, 1.165) is 12.8 Å². The Bertz CT molecular complexity index is 496. The van der Waals surface area contributed by atoms with Gasteiger partial charge in [-0.1, -0.05) is 54.1 Å². The molecule has 1 saturated heterocycles. The topological polar surface area (TPSA) is 9.23 Å². The molecule has 0 amide bonds. The van der Waals surface area contributed by atoms with Gasteiger partial charge in [0.05, 0.1) is 11.7 Å². The Morgan fingerprint density at radius 1 is 1.16 bits per heavy atom. The van der Waals surface area contributed by atoms with Gasteiger partial charge in [0, 0.05) is 0 Å².